The predicted octanol–water partition coefficient (Wildman–Crippen LogP) is 3.42. The molecule has 5 nitrogen and oxygen atoms in total. The van der Waals surface area contributed by atoms with Crippen LogP contribution in [0.25, 0.3) is 22.1 Å². The van der Waals surface area contributed by atoms with Crippen molar-refractivity contribution in [3.8, 4) is 0 Å². The summed E-state index contributed by atoms with van der Waals surface area (Å²) in [6.07, 6.45) is 1.49. The van der Waals surface area contributed by atoms with Gasteiger partial charge in [-0.25, -0.2) is 9.97 Å². The Bertz CT molecular complexity index is 800. The Labute approximate surface area is 125 Å². The van der Waals surface area contributed by atoms with Crippen LogP contribution in [0.1, 0.15) is 13.8 Å². The van der Waals surface area contributed by atoms with Gasteiger partial charge < -0.3 is 9.15 Å². The number of para-hydroxylation sites is 1. The molecule has 21 heavy (non-hydrogen) atoms. The third-order valence-corrected chi connectivity index (χ3v) is 4.09. The van der Waals surface area contributed by atoms with Crippen molar-refractivity contribution in [3.05, 3.63) is 30.6 Å². The summed E-state index contributed by atoms with van der Waals surface area (Å²) >= 11 is 1.32. The summed E-state index contributed by atoms with van der Waals surface area (Å²) in [6.45, 7) is 3.95. The second kappa shape index (κ2) is 5.73. The van der Waals surface area contributed by atoms with E-state index in [0.29, 0.717) is 17.2 Å². The van der Waals surface area contributed by atoms with Crippen molar-refractivity contribution in [3.63, 3.8) is 0 Å². The summed E-state index contributed by atoms with van der Waals surface area (Å²) in [4.78, 5) is 20.3. The molecule has 0 saturated heterocycles. The lowest BCUT2D eigenvalue weighted by molar-refractivity contribution is -0.142. The Morgan fingerprint density at radius 1 is 1.38 bits per heavy atom. The molecule has 0 spiro atoms. The molecule has 0 radical (unpaired) electrons. The SMILES string of the molecule is CCOC(=O)[C@H](C)Sc1ncnc2c1oc1ccccc12. The summed E-state index contributed by atoms with van der Waals surface area (Å²) in [5, 5.41) is 1.24. The first-order valence-corrected chi connectivity index (χ1v) is 7.54. The molecule has 2 aromatic heterocycles. The van der Waals surface area contributed by atoms with Crippen molar-refractivity contribution < 1.29 is 13.9 Å². The molecule has 0 fully saturated rings. The summed E-state index contributed by atoms with van der Waals surface area (Å²) in [6, 6.07) is 7.69. The van der Waals surface area contributed by atoms with Gasteiger partial charge in [-0.05, 0) is 26.0 Å². The topological polar surface area (TPSA) is 65.2 Å². The zero-order valence-electron chi connectivity index (χ0n) is 11.7. The van der Waals surface area contributed by atoms with Crippen LogP contribution in [0, 0.1) is 0 Å². The van der Waals surface area contributed by atoms with Crippen LogP contribution >= 0.6 is 11.8 Å². The van der Waals surface area contributed by atoms with Crippen LogP contribution < -0.4 is 0 Å². The van der Waals surface area contributed by atoms with Crippen LogP contribution in [0.15, 0.2) is 40.0 Å². The molecule has 0 bridgehead atoms. The standard InChI is InChI=1S/C15H14N2O3S/c1-3-19-15(18)9(2)21-14-13-12(16-8-17-14)10-6-4-5-7-11(10)20-13/h4-9H,3H2,1-2H3/t9-/m0/s1. The lowest BCUT2D eigenvalue weighted by Gasteiger charge is -2.09. The van der Waals surface area contributed by atoms with Gasteiger partial charge in [0.2, 0.25) is 0 Å². The molecule has 0 aliphatic carbocycles. The van der Waals surface area contributed by atoms with Gasteiger partial charge in [0, 0.05) is 5.39 Å². The minimum Gasteiger partial charge on any atom is -0.465 e. The van der Waals surface area contributed by atoms with Gasteiger partial charge in [0.05, 0.1) is 6.61 Å². The van der Waals surface area contributed by atoms with Crippen molar-refractivity contribution >= 4 is 39.8 Å². The first kappa shape index (κ1) is 13.9. The summed E-state index contributed by atoms with van der Waals surface area (Å²) in [5.41, 5.74) is 2.14. The van der Waals surface area contributed by atoms with Crippen molar-refractivity contribution in [1.82, 2.24) is 9.97 Å². The van der Waals surface area contributed by atoms with Gasteiger partial charge in [0.1, 0.15) is 27.7 Å². The molecule has 3 rings (SSSR count). The maximum Gasteiger partial charge on any atom is 0.319 e. The fourth-order valence-corrected chi connectivity index (χ4v) is 2.91. The second-order valence-electron chi connectivity index (χ2n) is 4.47. The lowest BCUT2D eigenvalue weighted by Crippen LogP contribution is -2.16. The third-order valence-electron chi connectivity index (χ3n) is 3.03. The molecule has 0 N–H and O–H groups in total. The molecule has 0 saturated carbocycles. The van der Waals surface area contributed by atoms with Crippen molar-refractivity contribution in [1.29, 1.82) is 0 Å². The monoisotopic (exact) mass is 302 g/mol. The molecule has 1 atom stereocenters. The quantitative estimate of drug-likeness (QED) is 0.418. The number of carbonyl (C=O) groups is 1. The van der Waals surface area contributed by atoms with E-state index in [4.69, 9.17) is 9.15 Å². The highest BCUT2D eigenvalue weighted by atomic mass is 32.2. The number of ether oxygens (including phenoxy) is 1. The zero-order chi connectivity index (χ0) is 14.8. The lowest BCUT2D eigenvalue weighted by atomic mass is 10.2. The number of hydrogen-bond donors (Lipinski definition) is 0. The predicted molar refractivity (Wildman–Crippen MR) is 81.3 cm³/mol. The van der Waals surface area contributed by atoms with Gasteiger partial charge in [0.25, 0.3) is 0 Å². The molecule has 0 aliphatic rings. The van der Waals surface area contributed by atoms with Crippen molar-refractivity contribution in [2.24, 2.45) is 0 Å². The van der Waals surface area contributed by atoms with Gasteiger partial charge >= 0.3 is 5.97 Å². The van der Waals surface area contributed by atoms with Gasteiger partial charge in [-0.1, -0.05) is 23.9 Å². The van der Waals surface area contributed by atoms with Gasteiger partial charge in [-0.3, -0.25) is 4.79 Å². The van der Waals surface area contributed by atoms with E-state index >= 15 is 0 Å². The van der Waals surface area contributed by atoms with Crippen molar-refractivity contribution in [2.75, 3.05) is 6.61 Å². The van der Waals surface area contributed by atoms with E-state index in [-0.39, 0.29) is 11.2 Å². The fourth-order valence-electron chi connectivity index (χ4n) is 2.06. The van der Waals surface area contributed by atoms with E-state index in [9.17, 15) is 4.79 Å². The average molecular weight is 302 g/mol. The maximum absolute atomic E-state index is 11.7. The second-order valence-corrected chi connectivity index (χ2v) is 5.80. The fraction of sp³-hybridized carbons (Fsp3) is 0.267. The first-order valence-electron chi connectivity index (χ1n) is 6.66. The molecule has 2 heterocycles. The highest BCUT2D eigenvalue weighted by molar-refractivity contribution is 8.00. The summed E-state index contributed by atoms with van der Waals surface area (Å²) in [7, 11) is 0. The number of thioether (sulfide) groups is 1. The molecular weight excluding hydrogens is 288 g/mol. The van der Waals surface area contributed by atoms with Crippen LogP contribution in [0.3, 0.4) is 0 Å². The van der Waals surface area contributed by atoms with Crippen LogP contribution in [-0.4, -0.2) is 27.8 Å². The molecule has 108 valence electrons. The van der Waals surface area contributed by atoms with E-state index in [0.717, 1.165) is 16.5 Å². The normalized spacial score (nSPS) is 12.7. The molecule has 0 amide bonds. The van der Waals surface area contributed by atoms with Gasteiger partial charge in [-0.2, -0.15) is 0 Å². The average Bonchev–Trinajstić information content (AvgIpc) is 2.87. The van der Waals surface area contributed by atoms with Crippen LogP contribution in [0.4, 0.5) is 0 Å². The Kier molecular flexibility index (Phi) is 3.79. The van der Waals surface area contributed by atoms with Gasteiger partial charge in [-0.15, -0.1) is 0 Å². The molecular formula is C15H14N2O3S. The molecule has 0 aliphatic heterocycles. The number of aromatic nitrogens is 2. The smallest absolute Gasteiger partial charge is 0.319 e. The molecule has 1 aromatic carbocycles. The van der Waals surface area contributed by atoms with E-state index in [1.165, 1.54) is 18.1 Å². The number of benzene rings is 1. The van der Waals surface area contributed by atoms with Crippen LogP contribution in [0.5, 0.6) is 0 Å². The number of esters is 1. The number of hydrogen-bond acceptors (Lipinski definition) is 6. The number of rotatable bonds is 4. The Balaban J connectivity index is 2.01. The van der Waals surface area contributed by atoms with E-state index in [1.54, 1.807) is 13.8 Å². The maximum atomic E-state index is 11.7. The highest BCUT2D eigenvalue weighted by Gasteiger charge is 2.20. The van der Waals surface area contributed by atoms with E-state index < -0.39 is 0 Å². The van der Waals surface area contributed by atoms with Crippen LogP contribution in [-0.2, 0) is 9.53 Å². The van der Waals surface area contributed by atoms with E-state index in [2.05, 4.69) is 9.97 Å². The molecule has 3 aromatic rings. The first-order chi connectivity index (χ1) is 10.2. The number of carbonyl (C=O) groups excluding carboxylic acids is 1. The Morgan fingerprint density at radius 2 is 2.19 bits per heavy atom. The Morgan fingerprint density at radius 3 is 3.00 bits per heavy atom. The zero-order valence-corrected chi connectivity index (χ0v) is 12.5. The summed E-state index contributed by atoms with van der Waals surface area (Å²) < 4.78 is 10.8. The Hall–Kier alpha value is -2.08. The molecule has 0 unspecified atom stereocenters. The third kappa shape index (κ3) is 2.58. The van der Waals surface area contributed by atoms with Crippen LogP contribution in [0.2, 0.25) is 0 Å². The van der Waals surface area contributed by atoms with Gasteiger partial charge in [0.15, 0.2) is 5.58 Å². The largest absolute Gasteiger partial charge is 0.465 e. The minimum atomic E-state index is -0.351. The summed E-state index contributed by atoms with van der Waals surface area (Å²) in [5.74, 6) is -0.259. The number of furan rings is 1. The van der Waals surface area contributed by atoms with Crippen molar-refractivity contribution in [2.45, 2.75) is 24.1 Å². The number of fused-ring (bicyclic) bond motifs is 3. The number of nitrogens with zero attached hydrogens (tertiary/aromatic N) is 2. The highest BCUT2D eigenvalue weighted by Crippen LogP contribution is 2.34. The molecule has 6 heteroatoms. The minimum absolute atomic E-state index is 0.259. The van der Waals surface area contributed by atoms with E-state index in [1.807, 2.05) is 24.3 Å².